The highest BCUT2D eigenvalue weighted by molar-refractivity contribution is 5.42. The zero-order valence-corrected chi connectivity index (χ0v) is 12.0. The van der Waals surface area contributed by atoms with Gasteiger partial charge >= 0.3 is 0 Å². The maximum Gasteiger partial charge on any atom is 0.122 e. The van der Waals surface area contributed by atoms with E-state index in [9.17, 15) is 0 Å². The Labute approximate surface area is 116 Å². The molecule has 2 N–H and O–H groups in total. The Morgan fingerprint density at radius 1 is 1.11 bits per heavy atom. The van der Waals surface area contributed by atoms with Crippen LogP contribution in [0.25, 0.3) is 0 Å². The van der Waals surface area contributed by atoms with Gasteiger partial charge in [-0.3, -0.25) is 0 Å². The first kappa shape index (κ1) is 13.0. The molecule has 0 aromatic heterocycles. The van der Waals surface area contributed by atoms with Crippen LogP contribution in [0.15, 0.2) is 18.2 Å². The minimum Gasteiger partial charge on any atom is -0.496 e. The molecular formula is C17H25NO. The molecule has 0 unspecified atom stereocenters. The summed E-state index contributed by atoms with van der Waals surface area (Å²) in [4.78, 5) is 0. The zero-order valence-electron chi connectivity index (χ0n) is 12.0. The van der Waals surface area contributed by atoms with Crippen molar-refractivity contribution in [1.29, 1.82) is 0 Å². The Kier molecular flexibility index (Phi) is 3.53. The molecule has 0 amide bonds. The van der Waals surface area contributed by atoms with Crippen molar-refractivity contribution in [3.05, 3.63) is 29.3 Å². The van der Waals surface area contributed by atoms with Gasteiger partial charge in [0.15, 0.2) is 0 Å². The molecule has 1 aromatic rings. The molecule has 0 radical (unpaired) electrons. The molecule has 2 saturated carbocycles. The summed E-state index contributed by atoms with van der Waals surface area (Å²) in [5.41, 5.74) is 9.24. The molecule has 0 saturated heterocycles. The molecule has 2 aliphatic rings. The summed E-state index contributed by atoms with van der Waals surface area (Å²) in [6.07, 6.45) is 10.1. The lowest BCUT2D eigenvalue weighted by Gasteiger charge is -2.26. The number of nitrogens with two attached hydrogens (primary N) is 1. The number of methoxy groups -OCH3 is 1. The van der Waals surface area contributed by atoms with Gasteiger partial charge in [-0.2, -0.15) is 0 Å². The second-order valence-electron chi connectivity index (χ2n) is 6.30. The Morgan fingerprint density at radius 3 is 2.42 bits per heavy atom. The molecule has 2 nitrogen and oxygen atoms in total. The predicted molar refractivity (Wildman–Crippen MR) is 78.5 cm³/mol. The van der Waals surface area contributed by atoms with Crippen molar-refractivity contribution >= 4 is 0 Å². The first-order chi connectivity index (χ1) is 9.23. The minimum atomic E-state index is -0.0837. The molecule has 0 aliphatic heterocycles. The van der Waals surface area contributed by atoms with Gasteiger partial charge in [0.1, 0.15) is 5.75 Å². The summed E-state index contributed by atoms with van der Waals surface area (Å²) < 4.78 is 5.57. The summed E-state index contributed by atoms with van der Waals surface area (Å²) in [6.45, 7) is 0. The SMILES string of the molecule is COc1ccc(C2(N)CCCC2)cc1C1CCCC1. The third-order valence-corrected chi connectivity index (χ3v) is 5.10. The first-order valence-electron chi connectivity index (χ1n) is 7.70. The molecule has 0 spiro atoms. The van der Waals surface area contributed by atoms with Crippen LogP contribution in [0.5, 0.6) is 5.75 Å². The molecule has 2 fully saturated rings. The quantitative estimate of drug-likeness (QED) is 0.887. The van der Waals surface area contributed by atoms with Gasteiger partial charge < -0.3 is 10.5 Å². The van der Waals surface area contributed by atoms with Gasteiger partial charge in [0.25, 0.3) is 0 Å². The number of rotatable bonds is 3. The Bertz CT molecular complexity index is 443. The topological polar surface area (TPSA) is 35.2 Å². The van der Waals surface area contributed by atoms with E-state index in [0.29, 0.717) is 5.92 Å². The van der Waals surface area contributed by atoms with E-state index < -0.39 is 0 Å². The third kappa shape index (κ3) is 2.38. The zero-order chi connectivity index (χ0) is 13.3. The molecular weight excluding hydrogens is 234 g/mol. The highest BCUT2D eigenvalue weighted by Crippen LogP contribution is 2.42. The van der Waals surface area contributed by atoms with E-state index in [4.69, 9.17) is 10.5 Å². The number of ether oxygens (including phenoxy) is 1. The number of benzene rings is 1. The van der Waals surface area contributed by atoms with E-state index >= 15 is 0 Å². The molecule has 2 aliphatic carbocycles. The Morgan fingerprint density at radius 2 is 1.79 bits per heavy atom. The number of hydrogen-bond donors (Lipinski definition) is 1. The van der Waals surface area contributed by atoms with Gasteiger partial charge in [-0.25, -0.2) is 0 Å². The summed E-state index contributed by atoms with van der Waals surface area (Å²) in [5, 5.41) is 0. The second-order valence-corrected chi connectivity index (χ2v) is 6.30. The fraction of sp³-hybridized carbons (Fsp3) is 0.647. The minimum absolute atomic E-state index is 0.0837. The predicted octanol–water partition coefficient (Wildman–Crippen LogP) is 4.08. The Hall–Kier alpha value is -1.02. The summed E-state index contributed by atoms with van der Waals surface area (Å²) in [6, 6.07) is 6.67. The Balaban J connectivity index is 1.96. The van der Waals surface area contributed by atoms with E-state index in [1.54, 1.807) is 7.11 Å². The van der Waals surface area contributed by atoms with Crippen LogP contribution >= 0.6 is 0 Å². The van der Waals surface area contributed by atoms with Gasteiger partial charge in [0.05, 0.1) is 7.11 Å². The normalized spacial score (nSPS) is 22.8. The maximum atomic E-state index is 6.60. The fourth-order valence-electron chi connectivity index (χ4n) is 3.89. The van der Waals surface area contributed by atoms with Crippen molar-refractivity contribution in [1.82, 2.24) is 0 Å². The standard InChI is InChI=1S/C17H25NO/c1-19-16-9-8-14(17(18)10-4-5-11-17)12-15(16)13-6-2-3-7-13/h8-9,12-13H,2-7,10-11,18H2,1H3. The second kappa shape index (κ2) is 5.16. The average Bonchev–Trinajstić information content (AvgIpc) is 3.10. The fourth-order valence-corrected chi connectivity index (χ4v) is 3.89. The average molecular weight is 259 g/mol. The number of hydrogen-bond acceptors (Lipinski definition) is 2. The highest BCUT2D eigenvalue weighted by Gasteiger charge is 2.32. The van der Waals surface area contributed by atoms with Crippen LogP contribution in [0.3, 0.4) is 0 Å². The van der Waals surface area contributed by atoms with Crippen molar-refractivity contribution in [3.63, 3.8) is 0 Å². The smallest absolute Gasteiger partial charge is 0.122 e. The van der Waals surface area contributed by atoms with E-state index in [1.807, 2.05) is 0 Å². The van der Waals surface area contributed by atoms with E-state index in [-0.39, 0.29) is 5.54 Å². The molecule has 3 rings (SSSR count). The molecule has 0 heterocycles. The molecule has 1 aromatic carbocycles. The van der Waals surface area contributed by atoms with Gasteiger partial charge in [-0.15, -0.1) is 0 Å². The van der Waals surface area contributed by atoms with E-state index in [1.165, 1.54) is 49.7 Å². The molecule has 104 valence electrons. The molecule has 19 heavy (non-hydrogen) atoms. The van der Waals surface area contributed by atoms with Gasteiger partial charge in [0, 0.05) is 5.54 Å². The first-order valence-corrected chi connectivity index (χ1v) is 7.70. The van der Waals surface area contributed by atoms with Crippen LogP contribution in [0.2, 0.25) is 0 Å². The van der Waals surface area contributed by atoms with Crippen molar-refractivity contribution in [2.45, 2.75) is 62.8 Å². The van der Waals surface area contributed by atoms with Gasteiger partial charge in [0.2, 0.25) is 0 Å². The van der Waals surface area contributed by atoms with Crippen LogP contribution in [-0.2, 0) is 5.54 Å². The van der Waals surface area contributed by atoms with Crippen LogP contribution < -0.4 is 10.5 Å². The lowest BCUT2D eigenvalue weighted by Crippen LogP contribution is -2.33. The summed E-state index contributed by atoms with van der Waals surface area (Å²) in [5.74, 6) is 1.73. The molecule has 2 heteroatoms. The lowest BCUT2D eigenvalue weighted by atomic mass is 9.85. The van der Waals surface area contributed by atoms with Crippen LogP contribution in [0, 0.1) is 0 Å². The van der Waals surface area contributed by atoms with Crippen LogP contribution in [-0.4, -0.2) is 7.11 Å². The molecule has 0 bridgehead atoms. The highest BCUT2D eigenvalue weighted by atomic mass is 16.5. The van der Waals surface area contributed by atoms with Crippen molar-refractivity contribution < 1.29 is 4.74 Å². The largest absolute Gasteiger partial charge is 0.496 e. The van der Waals surface area contributed by atoms with E-state index in [2.05, 4.69) is 18.2 Å². The monoisotopic (exact) mass is 259 g/mol. The van der Waals surface area contributed by atoms with Crippen molar-refractivity contribution in [2.75, 3.05) is 7.11 Å². The van der Waals surface area contributed by atoms with Crippen LogP contribution in [0.1, 0.15) is 68.4 Å². The lowest BCUT2D eigenvalue weighted by molar-refractivity contribution is 0.403. The van der Waals surface area contributed by atoms with Crippen LogP contribution in [0.4, 0.5) is 0 Å². The maximum absolute atomic E-state index is 6.60. The molecule has 0 atom stereocenters. The summed E-state index contributed by atoms with van der Waals surface area (Å²) in [7, 11) is 1.78. The van der Waals surface area contributed by atoms with Gasteiger partial charge in [-0.05, 0) is 54.9 Å². The van der Waals surface area contributed by atoms with Crippen molar-refractivity contribution in [2.24, 2.45) is 5.73 Å². The van der Waals surface area contributed by atoms with E-state index in [0.717, 1.165) is 18.6 Å². The van der Waals surface area contributed by atoms with Crippen molar-refractivity contribution in [3.8, 4) is 5.75 Å². The summed E-state index contributed by atoms with van der Waals surface area (Å²) >= 11 is 0. The third-order valence-electron chi connectivity index (χ3n) is 5.10. The van der Waals surface area contributed by atoms with Gasteiger partial charge in [-0.1, -0.05) is 31.7 Å².